The molecule has 0 spiro atoms. The quantitative estimate of drug-likeness (QED) is 0.489. The highest BCUT2D eigenvalue weighted by Crippen LogP contribution is 2.37. The van der Waals surface area contributed by atoms with E-state index in [1.165, 1.54) is 0 Å². The zero-order chi connectivity index (χ0) is 22.0. The summed E-state index contributed by atoms with van der Waals surface area (Å²) in [6, 6.07) is 24.1. The molecule has 1 aliphatic heterocycles. The second-order valence-corrected chi connectivity index (χ2v) is 9.75. The molecule has 1 aliphatic rings. The number of carbonyl (C=O) groups excluding carboxylic acids is 1. The standard InChI is InChI=1S/C24H23N3O3S/c1-16(2)31(29,30)27-19-14-12-18(13-15-19)25-23(17-8-4-3-5-9-17)22-20-10-6-7-11-21(20)26-24(22)28/h3-16,25,27H,1-2H3,(H,26,28)/b23-22-. The summed E-state index contributed by atoms with van der Waals surface area (Å²) in [5.41, 5.74) is 4.93. The topological polar surface area (TPSA) is 87.3 Å². The van der Waals surface area contributed by atoms with E-state index in [-0.39, 0.29) is 5.91 Å². The van der Waals surface area contributed by atoms with Crippen LogP contribution in [0.3, 0.4) is 0 Å². The summed E-state index contributed by atoms with van der Waals surface area (Å²) in [6.45, 7) is 3.25. The number of fused-ring (bicyclic) bond motifs is 1. The van der Waals surface area contributed by atoms with Gasteiger partial charge in [-0.15, -0.1) is 0 Å². The van der Waals surface area contributed by atoms with Crippen molar-refractivity contribution in [3.05, 3.63) is 90.0 Å². The van der Waals surface area contributed by atoms with E-state index in [4.69, 9.17) is 0 Å². The second-order valence-electron chi connectivity index (χ2n) is 7.51. The number of benzene rings is 3. The first-order chi connectivity index (χ1) is 14.8. The average Bonchev–Trinajstić information content (AvgIpc) is 3.09. The molecule has 0 aliphatic carbocycles. The van der Waals surface area contributed by atoms with E-state index in [0.717, 1.165) is 22.5 Å². The van der Waals surface area contributed by atoms with E-state index in [2.05, 4.69) is 15.4 Å². The third-order valence-corrected chi connectivity index (χ3v) is 6.78. The maximum Gasteiger partial charge on any atom is 0.258 e. The molecule has 0 unspecified atom stereocenters. The van der Waals surface area contributed by atoms with Crippen molar-refractivity contribution in [2.45, 2.75) is 19.1 Å². The number of hydrogen-bond acceptors (Lipinski definition) is 4. The van der Waals surface area contributed by atoms with Crippen LogP contribution in [-0.4, -0.2) is 19.6 Å². The lowest BCUT2D eigenvalue weighted by Gasteiger charge is -2.16. The van der Waals surface area contributed by atoms with Crippen LogP contribution in [0.2, 0.25) is 0 Å². The third-order valence-electron chi connectivity index (χ3n) is 5.02. The van der Waals surface area contributed by atoms with Gasteiger partial charge in [-0.3, -0.25) is 9.52 Å². The normalized spacial score (nSPS) is 14.7. The van der Waals surface area contributed by atoms with Crippen molar-refractivity contribution in [1.29, 1.82) is 0 Å². The zero-order valence-electron chi connectivity index (χ0n) is 17.2. The Kier molecular flexibility index (Phi) is 5.52. The van der Waals surface area contributed by atoms with Gasteiger partial charge in [-0.1, -0.05) is 48.5 Å². The van der Waals surface area contributed by atoms with Gasteiger partial charge < -0.3 is 10.6 Å². The van der Waals surface area contributed by atoms with Gasteiger partial charge in [0.15, 0.2) is 0 Å². The molecule has 3 N–H and O–H groups in total. The summed E-state index contributed by atoms with van der Waals surface area (Å²) in [7, 11) is -3.42. The molecule has 1 amide bonds. The average molecular weight is 434 g/mol. The van der Waals surface area contributed by atoms with E-state index >= 15 is 0 Å². The summed E-state index contributed by atoms with van der Waals surface area (Å²) < 4.78 is 26.8. The Balaban J connectivity index is 1.72. The molecule has 4 rings (SSSR count). The lowest BCUT2D eigenvalue weighted by Crippen LogP contribution is -2.22. The Labute approximate surface area is 182 Å². The molecule has 1 heterocycles. The maximum atomic E-state index is 12.8. The first-order valence-corrected chi connectivity index (χ1v) is 11.5. The summed E-state index contributed by atoms with van der Waals surface area (Å²) in [6.07, 6.45) is 0. The number of para-hydroxylation sites is 1. The van der Waals surface area contributed by atoms with Gasteiger partial charge in [0.25, 0.3) is 5.91 Å². The van der Waals surface area contributed by atoms with Crippen LogP contribution in [0.4, 0.5) is 17.1 Å². The summed E-state index contributed by atoms with van der Waals surface area (Å²) in [4.78, 5) is 12.8. The number of rotatable bonds is 6. The fraction of sp³-hybridized carbons (Fsp3) is 0.125. The number of hydrogen-bond donors (Lipinski definition) is 3. The Morgan fingerprint density at radius 3 is 2.13 bits per heavy atom. The van der Waals surface area contributed by atoms with Gasteiger partial charge in [0, 0.05) is 22.6 Å². The number of sulfonamides is 1. The largest absolute Gasteiger partial charge is 0.354 e. The predicted octanol–water partition coefficient (Wildman–Crippen LogP) is 4.77. The highest BCUT2D eigenvalue weighted by atomic mass is 32.2. The molecule has 0 radical (unpaired) electrons. The minimum atomic E-state index is -3.42. The van der Waals surface area contributed by atoms with Gasteiger partial charge >= 0.3 is 0 Å². The van der Waals surface area contributed by atoms with E-state index < -0.39 is 15.3 Å². The summed E-state index contributed by atoms with van der Waals surface area (Å²) >= 11 is 0. The first-order valence-electron chi connectivity index (χ1n) is 9.94. The molecule has 0 bridgehead atoms. The van der Waals surface area contributed by atoms with E-state index in [1.807, 2.05) is 54.6 Å². The molecule has 0 fully saturated rings. The van der Waals surface area contributed by atoms with E-state index in [0.29, 0.717) is 17.0 Å². The van der Waals surface area contributed by atoms with Crippen molar-refractivity contribution in [3.8, 4) is 0 Å². The van der Waals surface area contributed by atoms with E-state index in [1.54, 1.807) is 38.1 Å². The highest BCUT2D eigenvalue weighted by Gasteiger charge is 2.28. The zero-order valence-corrected chi connectivity index (χ0v) is 18.0. The predicted molar refractivity (Wildman–Crippen MR) is 126 cm³/mol. The molecule has 0 atom stereocenters. The monoisotopic (exact) mass is 433 g/mol. The van der Waals surface area contributed by atoms with Crippen molar-refractivity contribution >= 4 is 44.3 Å². The molecular formula is C24H23N3O3S. The van der Waals surface area contributed by atoms with Crippen LogP contribution in [0.25, 0.3) is 11.3 Å². The SMILES string of the molecule is CC(C)S(=O)(=O)Nc1ccc(N/C(=C2\C(=O)Nc3ccccc32)c2ccccc2)cc1. The molecular weight excluding hydrogens is 410 g/mol. The minimum absolute atomic E-state index is 0.172. The van der Waals surface area contributed by atoms with Crippen LogP contribution in [-0.2, 0) is 14.8 Å². The Morgan fingerprint density at radius 2 is 1.45 bits per heavy atom. The summed E-state index contributed by atoms with van der Waals surface area (Å²) in [5, 5.41) is 5.75. The van der Waals surface area contributed by atoms with Crippen LogP contribution in [0.15, 0.2) is 78.9 Å². The smallest absolute Gasteiger partial charge is 0.258 e. The lowest BCUT2D eigenvalue weighted by molar-refractivity contribution is -0.110. The van der Waals surface area contributed by atoms with Gasteiger partial charge in [-0.05, 0) is 49.7 Å². The van der Waals surface area contributed by atoms with Crippen LogP contribution in [0.5, 0.6) is 0 Å². The fourth-order valence-corrected chi connectivity index (χ4v) is 4.00. The van der Waals surface area contributed by atoms with Gasteiger partial charge in [0.05, 0.1) is 16.5 Å². The highest BCUT2D eigenvalue weighted by molar-refractivity contribution is 7.93. The lowest BCUT2D eigenvalue weighted by atomic mass is 10.00. The second kappa shape index (κ2) is 8.28. The number of nitrogens with one attached hydrogen (secondary N) is 3. The fourth-order valence-electron chi connectivity index (χ4n) is 3.30. The molecule has 3 aromatic carbocycles. The Morgan fingerprint density at radius 1 is 0.839 bits per heavy atom. The molecule has 3 aromatic rings. The van der Waals surface area contributed by atoms with Crippen LogP contribution < -0.4 is 15.4 Å². The molecule has 0 aromatic heterocycles. The van der Waals surface area contributed by atoms with Gasteiger partial charge in [0.2, 0.25) is 10.0 Å². The van der Waals surface area contributed by atoms with Crippen molar-refractivity contribution in [3.63, 3.8) is 0 Å². The van der Waals surface area contributed by atoms with Crippen molar-refractivity contribution in [2.75, 3.05) is 15.4 Å². The van der Waals surface area contributed by atoms with Gasteiger partial charge in [-0.2, -0.15) is 0 Å². The number of carbonyl (C=O) groups is 1. The maximum absolute atomic E-state index is 12.8. The Hall–Kier alpha value is -3.58. The van der Waals surface area contributed by atoms with Gasteiger partial charge in [-0.25, -0.2) is 8.42 Å². The molecule has 6 nitrogen and oxygen atoms in total. The molecule has 7 heteroatoms. The molecule has 31 heavy (non-hydrogen) atoms. The first kappa shape index (κ1) is 20.7. The van der Waals surface area contributed by atoms with Crippen LogP contribution >= 0.6 is 0 Å². The third kappa shape index (κ3) is 4.32. The minimum Gasteiger partial charge on any atom is -0.354 e. The van der Waals surface area contributed by atoms with Crippen molar-refractivity contribution in [1.82, 2.24) is 0 Å². The van der Waals surface area contributed by atoms with E-state index in [9.17, 15) is 13.2 Å². The van der Waals surface area contributed by atoms with Crippen LogP contribution in [0.1, 0.15) is 25.0 Å². The molecule has 0 saturated heterocycles. The summed E-state index contributed by atoms with van der Waals surface area (Å²) in [5.74, 6) is -0.172. The van der Waals surface area contributed by atoms with Crippen molar-refractivity contribution in [2.24, 2.45) is 0 Å². The van der Waals surface area contributed by atoms with Crippen molar-refractivity contribution < 1.29 is 13.2 Å². The molecule has 0 saturated carbocycles. The number of amides is 1. The van der Waals surface area contributed by atoms with Gasteiger partial charge in [0.1, 0.15) is 0 Å². The number of anilines is 3. The molecule has 158 valence electrons. The van der Waals surface area contributed by atoms with Crippen LogP contribution in [0, 0.1) is 0 Å². The Bertz CT molecular complexity index is 1250.